The lowest BCUT2D eigenvalue weighted by Gasteiger charge is -2.47. The summed E-state index contributed by atoms with van der Waals surface area (Å²) in [5.41, 5.74) is 0.297. The van der Waals surface area contributed by atoms with Gasteiger partial charge >= 0.3 is 11.9 Å². The molecule has 2 saturated heterocycles. The third-order valence-electron chi connectivity index (χ3n) is 9.00. The molecule has 3 rings (SSSR count). The molecule has 0 aliphatic carbocycles. The summed E-state index contributed by atoms with van der Waals surface area (Å²) in [6.45, 7) is 10.1. The number of fused-ring (bicyclic) bond motifs is 4. The molecule has 3 aliphatic heterocycles. The Morgan fingerprint density at radius 3 is 2.68 bits per heavy atom. The van der Waals surface area contributed by atoms with Crippen molar-refractivity contribution in [2.24, 2.45) is 17.3 Å². The molecule has 3 aliphatic rings. The van der Waals surface area contributed by atoms with Crippen LogP contribution in [0.2, 0.25) is 0 Å². The summed E-state index contributed by atoms with van der Waals surface area (Å²) in [4.78, 5) is 24.6. The maximum Gasteiger partial charge on any atom is 0.335 e. The first-order valence-corrected chi connectivity index (χ1v) is 16.0. The molecule has 0 aromatic carbocycles. The van der Waals surface area contributed by atoms with Gasteiger partial charge in [0.2, 0.25) is 0 Å². The summed E-state index contributed by atoms with van der Waals surface area (Å²) in [6.07, 6.45) is 21.9. The van der Waals surface area contributed by atoms with Crippen molar-refractivity contribution < 1.29 is 38.7 Å². The van der Waals surface area contributed by atoms with Crippen molar-refractivity contribution in [1.29, 1.82) is 0 Å². The fraction of sp³-hybridized carbons (Fsp3) is 0.611. The molecule has 8 nitrogen and oxygen atoms in total. The van der Waals surface area contributed by atoms with Crippen molar-refractivity contribution in [2.45, 2.75) is 110 Å². The second-order valence-electron chi connectivity index (χ2n) is 12.5. The van der Waals surface area contributed by atoms with E-state index in [0.717, 1.165) is 18.4 Å². The van der Waals surface area contributed by atoms with Gasteiger partial charge in [-0.05, 0) is 51.4 Å². The van der Waals surface area contributed by atoms with Crippen LogP contribution >= 0.6 is 0 Å². The SMILES string of the molecule is CCOC(=O)[C@@H](O)C/C=C\C[C@@H]1O[C@@H]2/C=C/C/C=C/C(C)=C\[C@H]3O[C@@H](C/C=C/C=C/C(=O)O[C@H](C2)[C@@]1(C)CO)C[C@H](C)[C@H]3C. The van der Waals surface area contributed by atoms with E-state index in [2.05, 4.69) is 39.0 Å². The van der Waals surface area contributed by atoms with E-state index in [1.165, 1.54) is 6.08 Å². The van der Waals surface area contributed by atoms with Gasteiger partial charge in [0.05, 0.1) is 43.0 Å². The van der Waals surface area contributed by atoms with Crippen LogP contribution in [0.1, 0.15) is 73.1 Å². The standard InChI is InChI=1S/C36H52O8/c1-6-41-35(40)30(38)18-13-14-19-32-36(5,24-37)33-23-29(43-32)17-10-7-9-15-25(2)21-31-27(4)26(3)22-28(42-31)16-11-8-12-20-34(39)44-33/h8-15,17,20-21,26-33,37-38H,6-7,16,18-19,22-24H2,1-5H3/b11-8+,14-13-,15-9+,17-10+,20-12+,25-21-/t26-,27+,28-,29+,30-,31+,32-,33+,36-/m0/s1. The van der Waals surface area contributed by atoms with E-state index >= 15 is 0 Å². The van der Waals surface area contributed by atoms with Crippen LogP contribution in [0.3, 0.4) is 0 Å². The van der Waals surface area contributed by atoms with E-state index in [4.69, 9.17) is 18.9 Å². The fourth-order valence-electron chi connectivity index (χ4n) is 5.92. The number of allylic oxidation sites excluding steroid dienone is 6. The Balaban J connectivity index is 1.80. The van der Waals surface area contributed by atoms with Crippen LogP contribution in [0.5, 0.6) is 0 Å². The zero-order valence-electron chi connectivity index (χ0n) is 27.0. The van der Waals surface area contributed by atoms with Gasteiger partial charge in [-0.2, -0.15) is 0 Å². The summed E-state index contributed by atoms with van der Waals surface area (Å²) in [6, 6.07) is 0. The summed E-state index contributed by atoms with van der Waals surface area (Å²) in [5.74, 6) is -0.173. The highest BCUT2D eigenvalue weighted by atomic mass is 16.6. The lowest BCUT2D eigenvalue weighted by molar-refractivity contribution is -0.198. The average Bonchev–Trinajstić information content (AvgIpc) is 2.98. The van der Waals surface area contributed by atoms with E-state index in [0.29, 0.717) is 31.1 Å². The number of aliphatic hydroxyl groups is 2. The molecule has 8 heteroatoms. The molecule has 0 spiro atoms. The Morgan fingerprint density at radius 2 is 1.93 bits per heavy atom. The average molecular weight is 613 g/mol. The van der Waals surface area contributed by atoms with Crippen molar-refractivity contribution >= 4 is 11.9 Å². The molecule has 0 aromatic heterocycles. The van der Waals surface area contributed by atoms with Crippen molar-refractivity contribution in [3.05, 3.63) is 72.4 Å². The topological polar surface area (TPSA) is 112 Å². The first-order valence-electron chi connectivity index (χ1n) is 16.0. The largest absolute Gasteiger partial charge is 0.464 e. The summed E-state index contributed by atoms with van der Waals surface area (Å²) < 4.78 is 23.7. The quantitative estimate of drug-likeness (QED) is 0.278. The molecule has 9 atom stereocenters. The van der Waals surface area contributed by atoms with Gasteiger partial charge < -0.3 is 29.2 Å². The molecule has 244 valence electrons. The van der Waals surface area contributed by atoms with E-state index in [9.17, 15) is 19.8 Å². The predicted molar refractivity (Wildman–Crippen MR) is 171 cm³/mol. The van der Waals surface area contributed by atoms with Gasteiger partial charge in [0.15, 0.2) is 6.10 Å². The number of carbonyl (C=O) groups is 2. The highest BCUT2D eigenvalue weighted by Gasteiger charge is 2.49. The van der Waals surface area contributed by atoms with Crippen molar-refractivity contribution in [1.82, 2.24) is 0 Å². The first kappa shape index (κ1) is 35.7. The Labute approximate surface area is 263 Å². The zero-order valence-corrected chi connectivity index (χ0v) is 27.0. The molecule has 0 amide bonds. The number of ether oxygens (including phenoxy) is 4. The summed E-state index contributed by atoms with van der Waals surface area (Å²) in [5, 5.41) is 20.5. The Bertz CT molecular complexity index is 1120. The molecule has 2 N–H and O–H groups in total. The van der Waals surface area contributed by atoms with E-state index < -0.39 is 35.7 Å². The van der Waals surface area contributed by atoms with E-state index in [1.54, 1.807) is 19.1 Å². The minimum Gasteiger partial charge on any atom is -0.464 e. The van der Waals surface area contributed by atoms with Gasteiger partial charge in [-0.1, -0.05) is 87.1 Å². The summed E-state index contributed by atoms with van der Waals surface area (Å²) in [7, 11) is 0. The molecule has 0 saturated carbocycles. The second kappa shape index (κ2) is 17.6. The Kier molecular flexibility index (Phi) is 14.3. The molecule has 0 radical (unpaired) electrons. The van der Waals surface area contributed by atoms with Gasteiger partial charge in [0, 0.05) is 18.9 Å². The molecular formula is C36H52O8. The Hall–Kier alpha value is -2.78. The van der Waals surface area contributed by atoms with Gasteiger partial charge in [-0.3, -0.25) is 0 Å². The van der Waals surface area contributed by atoms with Crippen LogP contribution in [0.4, 0.5) is 0 Å². The molecule has 44 heavy (non-hydrogen) atoms. The van der Waals surface area contributed by atoms with Crippen LogP contribution in [-0.2, 0) is 28.5 Å². The highest BCUT2D eigenvalue weighted by molar-refractivity contribution is 5.82. The van der Waals surface area contributed by atoms with Gasteiger partial charge in [-0.25, -0.2) is 9.59 Å². The van der Waals surface area contributed by atoms with Crippen LogP contribution in [0.25, 0.3) is 0 Å². The third kappa shape index (κ3) is 10.4. The first-order chi connectivity index (χ1) is 21.1. The number of rotatable bonds is 7. The van der Waals surface area contributed by atoms with Crippen molar-refractivity contribution in [3.8, 4) is 0 Å². The molecular weight excluding hydrogens is 560 g/mol. The monoisotopic (exact) mass is 612 g/mol. The maximum absolute atomic E-state index is 12.9. The zero-order chi connectivity index (χ0) is 32.1. The van der Waals surface area contributed by atoms with Crippen LogP contribution in [0, 0.1) is 17.3 Å². The fourth-order valence-corrected chi connectivity index (χ4v) is 5.92. The molecule has 0 aromatic rings. The van der Waals surface area contributed by atoms with Crippen LogP contribution in [-0.4, -0.2) is 72.0 Å². The molecule has 3 heterocycles. The van der Waals surface area contributed by atoms with Gasteiger partial charge in [0.25, 0.3) is 0 Å². The van der Waals surface area contributed by atoms with Crippen LogP contribution in [0.15, 0.2) is 72.4 Å². The normalized spacial score (nSPS) is 38.4. The minimum atomic E-state index is -1.24. The van der Waals surface area contributed by atoms with E-state index in [-0.39, 0.29) is 37.9 Å². The number of hydrogen-bond acceptors (Lipinski definition) is 8. The molecule has 0 unspecified atom stereocenters. The summed E-state index contributed by atoms with van der Waals surface area (Å²) >= 11 is 0. The van der Waals surface area contributed by atoms with E-state index in [1.807, 2.05) is 37.3 Å². The lowest BCUT2D eigenvalue weighted by Crippen LogP contribution is -2.55. The second-order valence-corrected chi connectivity index (χ2v) is 12.5. The maximum atomic E-state index is 12.9. The van der Waals surface area contributed by atoms with Gasteiger partial charge in [0.1, 0.15) is 6.10 Å². The smallest absolute Gasteiger partial charge is 0.335 e. The number of aliphatic hydroxyl groups excluding tert-OH is 2. The third-order valence-corrected chi connectivity index (χ3v) is 9.00. The predicted octanol–water partition coefficient (Wildman–Crippen LogP) is 5.71. The number of hydrogen-bond donors (Lipinski definition) is 2. The Morgan fingerprint density at radius 1 is 1.14 bits per heavy atom. The number of carbonyl (C=O) groups excluding carboxylic acids is 2. The van der Waals surface area contributed by atoms with Crippen molar-refractivity contribution in [2.75, 3.05) is 13.2 Å². The molecule has 2 fully saturated rings. The number of esters is 2. The lowest BCUT2D eigenvalue weighted by atomic mass is 9.73. The molecule has 4 bridgehead atoms. The van der Waals surface area contributed by atoms with Crippen molar-refractivity contribution in [3.63, 3.8) is 0 Å². The van der Waals surface area contributed by atoms with Crippen LogP contribution < -0.4 is 0 Å². The minimum absolute atomic E-state index is 0.0567. The van der Waals surface area contributed by atoms with Gasteiger partial charge in [-0.15, -0.1) is 0 Å². The highest BCUT2D eigenvalue weighted by Crippen LogP contribution is 2.41.